The van der Waals surface area contributed by atoms with Crippen molar-refractivity contribution in [3.63, 3.8) is 0 Å². The molecular weight excluding hydrogens is 627 g/mol. The average molecular weight is 675 g/mol. The van der Waals surface area contributed by atoms with Gasteiger partial charge in [-0.3, -0.25) is 10.1 Å². The quantitative estimate of drug-likeness (QED) is 0.115. The van der Waals surface area contributed by atoms with Gasteiger partial charge in [-0.2, -0.15) is 17.7 Å². The van der Waals surface area contributed by atoms with Gasteiger partial charge in [0, 0.05) is 59.6 Å². The second-order valence-electron chi connectivity index (χ2n) is 14.8. The second-order valence-corrected chi connectivity index (χ2v) is 14.8. The Morgan fingerprint density at radius 2 is 1.63 bits per heavy atom. The lowest BCUT2D eigenvalue weighted by atomic mass is 9.80. The van der Waals surface area contributed by atoms with Crippen molar-refractivity contribution in [2.45, 2.75) is 91.3 Å². The summed E-state index contributed by atoms with van der Waals surface area (Å²) in [6.45, 7) is 17.7. The molecule has 2 heterocycles. The third kappa shape index (κ3) is 7.31. The van der Waals surface area contributed by atoms with Crippen LogP contribution in [0.15, 0.2) is 84.6 Å². The summed E-state index contributed by atoms with van der Waals surface area (Å²) in [6, 6.07) is 17.2. The van der Waals surface area contributed by atoms with E-state index < -0.39 is 22.6 Å². The van der Waals surface area contributed by atoms with Gasteiger partial charge in [-0.25, -0.2) is 0 Å². The number of allylic oxidation sites excluding steroid dienone is 4. The average Bonchev–Trinajstić information content (AvgIpc) is 3.36. The maximum absolute atomic E-state index is 13.8. The molecule has 0 saturated carbocycles. The van der Waals surface area contributed by atoms with Gasteiger partial charge in [0.15, 0.2) is 5.71 Å². The first-order valence-electron chi connectivity index (χ1n) is 17.0. The molecule has 0 spiro atoms. The normalized spacial score (nSPS) is 17.5. The first-order valence-corrected chi connectivity index (χ1v) is 17.0. The van der Waals surface area contributed by atoms with Crippen LogP contribution in [-0.4, -0.2) is 34.4 Å². The minimum absolute atomic E-state index is 0.0457. The van der Waals surface area contributed by atoms with Gasteiger partial charge in [0.05, 0.1) is 22.0 Å². The van der Waals surface area contributed by atoms with Gasteiger partial charge in [-0.1, -0.05) is 45.9 Å². The topological polar surface area (TPSA) is 58.6 Å². The summed E-state index contributed by atoms with van der Waals surface area (Å²) in [4.78, 5) is 13.6. The van der Waals surface area contributed by atoms with Crippen LogP contribution >= 0.6 is 0 Å². The smallest absolute Gasteiger partial charge is 0.416 e. The molecule has 0 amide bonds. The molecule has 0 saturated heterocycles. The van der Waals surface area contributed by atoms with Crippen molar-refractivity contribution in [3.05, 3.63) is 117 Å². The SMILES string of the molecule is CC(C)CC[N+]1=C(C=CC=C2N(CCc3ccc(OC(C)C)cc3)c3ccc([N+](=O)[O-])cc3C2(C)C)C(C)(C)c2cc(C(F)(F)F)ccc21. The molecule has 9 heteroatoms. The Bertz CT molecular complexity index is 1820. The molecule has 5 rings (SSSR count). The summed E-state index contributed by atoms with van der Waals surface area (Å²) in [5.41, 5.74) is 4.51. The molecular formula is C40H47F3N3O3+. The Morgan fingerprint density at radius 3 is 2.24 bits per heavy atom. The molecule has 0 unspecified atom stereocenters. The number of rotatable bonds is 11. The highest BCUT2D eigenvalue weighted by atomic mass is 19.4. The third-order valence-corrected chi connectivity index (χ3v) is 9.66. The standard InChI is InChI=1S/C40H47F3N3O3/c1-26(2)20-22-44-34-18-14-29(40(41,42)43)24-32(34)38(5,6)36(44)10-9-11-37-39(7,8)33-25-30(46(47)48)15-19-35(33)45(37)23-21-28-12-16-31(17-13-28)49-27(3)4/h9-19,24-27H,20-23H2,1-8H3/q+1. The highest BCUT2D eigenvalue weighted by molar-refractivity contribution is 6.03. The summed E-state index contributed by atoms with van der Waals surface area (Å²) in [5.74, 6) is 1.24. The number of non-ortho nitro benzene ring substituents is 1. The Balaban J connectivity index is 1.53. The number of nitrogens with zero attached hydrogens (tertiary/aromatic N) is 3. The van der Waals surface area contributed by atoms with E-state index in [4.69, 9.17) is 4.74 Å². The summed E-state index contributed by atoms with van der Waals surface area (Å²) in [6.07, 6.45) is 3.34. The second kappa shape index (κ2) is 13.5. The number of nitro benzene ring substituents is 1. The van der Waals surface area contributed by atoms with Crippen LogP contribution in [-0.2, 0) is 23.4 Å². The number of anilines is 1. The molecule has 2 aliphatic heterocycles. The summed E-state index contributed by atoms with van der Waals surface area (Å²) in [5, 5.41) is 11.7. The number of ether oxygens (including phenoxy) is 1. The van der Waals surface area contributed by atoms with E-state index in [1.807, 2.05) is 58.0 Å². The summed E-state index contributed by atoms with van der Waals surface area (Å²) in [7, 11) is 0. The zero-order valence-corrected chi connectivity index (χ0v) is 29.7. The molecule has 0 fully saturated rings. The van der Waals surface area contributed by atoms with Crippen LogP contribution in [0, 0.1) is 16.0 Å². The van der Waals surface area contributed by atoms with Crippen molar-refractivity contribution >= 4 is 22.8 Å². The lowest BCUT2D eigenvalue weighted by Crippen LogP contribution is -2.29. The van der Waals surface area contributed by atoms with E-state index in [-0.39, 0.29) is 16.7 Å². The molecule has 0 atom stereocenters. The van der Waals surface area contributed by atoms with Crippen molar-refractivity contribution in [1.29, 1.82) is 0 Å². The van der Waals surface area contributed by atoms with Crippen LogP contribution in [0.4, 0.5) is 30.2 Å². The largest absolute Gasteiger partial charge is 0.491 e. The number of benzene rings is 3. The number of hydrogen-bond acceptors (Lipinski definition) is 4. The van der Waals surface area contributed by atoms with E-state index >= 15 is 0 Å². The van der Waals surface area contributed by atoms with Crippen LogP contribution in [0.3, 0.4) is 0 Å². The molecule has 260 valence electrons. The molecule has 2 aliphatic rings. The number of fused-ring (bicyclic) bond motifs is 2. The molecule has 6 nitrogen and oxygen atoms in total. The molecule has 0 radical (unpaired) electrons. The lowest BCUT2D eigenvalue weighted by Gasteiger charge is -2.27. The predicted molar refractivity (Wildman–Crippen MR) is 190 cm³/mol. The van der Waals surface area contributed by atoms with E-state index in [0.29, 0.717) is 24.6 Å². The maximum Gasteiger partial charge on any atom is 0.416 e. The van der Waals surface area contributed by atoms with E-state index in [1.54, 1.807) is 18.2 Å². The van der Waals surface area contributed by atoms with Crippen molar-refractivity contribution in [2.24, 2.45) is 5.92 Å². The van der Waals surface area contributed by atoms with Gasteiger partial charge >= 0.3 is 6.18 Å². The zero-order valence-electron chi connectivity index (χ0n) is 29.7. The lowest BCUT2D eigenvalue weighted by molar-refractivity contribution is -0.439. The van der Waals surface area contributed by atoms with Crippen molar-refractivity contribution in [1.82, 2.24) is 0 Å². The van der Waals surface area contributed by atoms with Crippen molar-refractivity contribution in [2.75, 3.05) is 18.0 Å². The van der Waals surface area contributed by atoms with E-state index in [1.165, 1.54) is 12.1 Å². The van der Waals surface area contributed by atoms with Crippen molar-refractivity contribution in [3.8, 4) is 5.75 Å². The highest BCUT2D eigenvalue weighted by Crippen LogP contribution is 2.49. The summed E-state index contributed by atoms with van der Waals surface area (Å²) >= 11 is 0. The molecule has 0 bridgehead atoms. The first-order chi connectivity index (χ1) is 22.9. The fourth-order valence-electron chi connectivity index (χ4n) is 6.98. The minimum Gasteiger partial charge on any atom is -0.491 e. The number of halogens is 3. The molecule has 0 aromatic heterocycles. The molecule has 3 aromatic carbocycles. The molecule has 3 aromatic rings. The van der Waals surface area contributed by atoms with Gasteiger partial charge < -0.3 is 9.64 Å². The Kier molecular flexibility index (Phi) is 9.88. The Morgan fingerprint density at radius 1 is 0.939 bits per heavy atom. The van der Waals surface area contributed by atoms with Crippen LogP contribution in [0.1, 0.15) is 84.1 Å². The number of hydrogen-bond donors (Lipinski definition) is 0. The van der Waals surface area contributed by atoms with E-state index in [0.717, 1.165) is 52.5 Å². The molecule has 49 heavy (non-hydrogen) atoms. The van der Waals surface area contributed by atoms with Gasteiger partial charge in [-0.15, -0.1) is 0 Å². The molecule has 0 aliphatic carbocycles. The fourth-order valence-corrected chi connectivity index (χ4v) is 6.98. The van der Waals surface area contributed by atoms with Gasteiger partial charge in [-0.05, 0) is 87.6 Å². The number of alkyl halides is 3. The van der Waals surface area contributed by atoms with Crippen molar-refractivity contribution < 1.29 is 27.4 Å². The fraction of sp³-hybridized carbons (Fsp3) is 0.425. The maximum atomic E-state index is 13.8. The van der Waals surface area contributed by atoms with Crippen LogP contribution in [0.25, 0.3) is 0 Å². The van der Waals surface area contributed by atoms with Crippen LogP contribution in [0.2, 0.25) is 0 Å². The first kappa shape index (κ1) is 35.9. The van der Waals surface area contributed by atoms with Gasteiger partial charge in [0.1, 0.15) is 12.3 Å². The van der Waals surface area contributed by atoms with Gasteiger partial charge in [0.2, 0.25) is 5.69 Å². The third-order valence-electron chi connectivity index (χ3n) is 9.66. The zero-order chi connectivity index (χ0) is 35.9. The Labute approximate surface area is 287 Å². The summed E-state index contributed by atoms with van der Waals surface area (Å²) < 4.78 is 49.3. The Hall–Kier alpha value is -4.40. The monoisotopic (exact) mass is 674 g/mol. The van der Waals surface area contributed by atoms with Crippen LogP contribution in [0.5, 0.6) is 5.75 Å². The van der Waals surface area contributed by atoms with Crippen LogP contribution < -0.4 is 9.64 Å². The van der Waals surface area contributed by atoms with E-state index in [2.05, 4.69) is 55.4 Å². The number of nitro groups is 1. The van der Waals surface area contributed by atoms with E-state index in [9.17, 15) is 23.3 Å². The highest BCUT2D eigenvalue weighted by Gasteiger charge is 2.46. The van der Waals surface area contributed by atoms with Gasteiger partial charge in [0.25, 0.3) is 5.69 Å². The predicted octanol–water partition coefficient (Wildman–Crippen LogP) is 10.3. The molecule has 0 N–H and O–H groups in total. The minimum atomic E-state index is -4.43.